The quantitative estimate of drug-likeness (QED) is 0.557. The zero-order valence-corrected chi connectivity index (χ0v) is 10.6. The average molecular weight is 273 g/mol. The highest BCUT2D eigenvalue weighted by Gasteiger charge is 2.17. The minimum atomic E-state index is -0.477. The van der Waals surface area contributed by atoms with E-state index in [9.17, 15) is 10.1 Å². The normalized spacial score (nSPS) is 10.8. The molecule has 102 valence electrons. The molecule has 0 aliphatic heterocycles. The number of hydrogen-bond acceptors (Lipinski definition) is 6. The number of aryl methyl sites for hydroxylation is 1. The maximum Gasteiger partial charge on any atom is 0.298 e. The predicted octanol–water partition coefficient (Wildman–Crippen LogP) is 2.38. The first kappa shape index (κ1) is 12.2. The number of nitro groups is 1. The molecule has 8 heteroatoms. The Morgan fingerprint density at radius 1 is 1.50 bits per heavy atom. The number of benzene rings is 1. The van der Waals surface area contributed by atoms with Crippen molar-refractivity contribution in [2.75, 3.05) is 5.32 Å². The Kier molecular flexibility index (Phi) is 2.82. The molecule has 3 aromatic rings. The molecule has 0 saturated carbocycles. The van der Waals surface area contributed by atoms with Crippen molar-refractivity contribution in [2.24, 2.45) is 0 Å². The second-order valence-corrected chi connectivity index (χ2v) is 4.27. The maximum atomic E-state index is 10.9. The molecular formula is C12H11N5O3. The van der Waals surface area contributed by atoms with Crippen LogP contribution in [0.5, 0.6) is 0 Å². The van der Waals surface area contributed by atoms with Crippen LogP contribution in [0.25, 0.3) is 11.1 Å². The van der Waals surface area contributed by atoms with Gasteiger partial charge in [0.25, 0.3) is 11.7 Å². The van der Waals surface area contributed by atoms with Gasteiger partial charge in [-0.2, -0.15) is 10.1 Å². The average Bonchev–Trinajstić information content (AvgIpc) is 3.01. The van der Waals surface area contributed by atoms with E-state index in [1.165, 1.54) is 6.07 Å². The van der Waals surface area contributed by atoms with Gasteiger partial charge in [-0.15, -0.1) is 0 Å². The van der Waals surface area contributed by atoms with Crippen LogP contribution in [0.4, 0.5) is 11.7 Å². The number of anilines is 1. The summed E-state index contributed by atoms with van der Waals surface area (Å²) >= 11 is 0. The van der Waals surface area contributed by atoms with Crippen LogP contribution in [0.1, 0.15) is 11.3 Å². The SMILES string of the molecule is Cc1[nH]ncc1CNc1nc2c([N+](=O)[O-])cccc2o1. The number of nitrogens with zero attached hydrogens (tertiary/aromatic N) is 3. The minimum Gasteiger partial charge on any atom is -0.423 e. The third-order valence-corrected chi connectivity index (χ3v) is 2.96. The molecule has 2 heterocycles. The first-order valence-corrected chi connectivity index (χ1v) is 5.92. The first-order chi connectivity index (χ1) is 9.65. The molecule has 0 amide bonds. The van der Waals surface area contributed by atoms with Crippen molar-refractivity contribution >= 4 is 22.8 Å². The Bertz CT molecular complexity index is 776. The maximum absolute atomic E-state index is 10.9. The van der Waals surface area contributed by atoms with E-state index in [2.05, 4.69) is 20.5 Å². The van der Waals surface area contributed by atoms with Gasteiger partial charge < -0.3 is 9.73 Å². The highest BCUT2D eigenvalue weighted by Crippen LogP contribution is 2.27. The molecule has 0 unspecified atom stereocenters. The minimum absolute atomic E-state index is 0.0706. The summed E-state index contributed by atoms with van der Waals surface area (Å²) in [6.45, 7) is 2.38. The van der Waals surface area contributed by atoms with Crippen LogP contribution in [0.15, 0.2) is 28.8 Å². The molecular weight excluding hydrogens is 262 g/mol. The van der Waals surface area contributed by atoms with Crippen LogP contribution in [-0.2, 0) is 6.54 Å². The second-order valence-electron chi connectivity index (χ2n) is 4.27. The molecule has 0 aliphatic carbocycles. The molecule has 3 rings (SSSR count). The highest BCUT2D eigenvalue weighted by atomic mass is 16.6. The topological polar surface area (TPSA) is 110 Å². The van der Waals surface area contributed by atoms with Crippen LogP contribution in [0, 0.1) is 17.0 Å². The van der Waals surface area contributed by atoms with Crippen molar-refractivity contribution in [1.29, 1.82) is 0 Å². The lowest BCUT2D eigenvalue weighted by molar-refractivity contribution is -0.383. The standard InChI is InChI=1S/C12H11N5O3/c1-7-8(6-14-16-7)5-13-12-15-11-9(17(18)19)3-2-4-10(11)20-12/h2-4,6H,5H2,1H3,(H,13,15)(H,14,16). The van der Waals surface area contributed by atoms with E-state index in [1.54, 1.807) is 18.3 Å². The molecule has 20 heavy (non-hydrogen) atoms. The fraction of sp³-hybridized carbons (Fsp3) is 0.167. The van der Waals surface area contributed by atoms with Gasteiger partial charge in [-0.3, -0.25) is 15.2 Å². The van der Waals surface area contributed by atoms with Gasteiger partial charge >= 0.3 is 0 Å². The Morgan fingerprint density at radius 3 is 3.05 bits per heavy atom. The van der Waals surface area contributed by atoms with E-state index in [1.807, 2.05) is 6.92 Å². The summed E-state index contributed by atoms with van der Waals surface area (Å²) in [6.07, 6.45) is 1.70. The van der Waals surface area contributed by atoms with E-state index in [-0.39, 0.29) is 17.2 Å². The number of H-pyrrole nitrogens is 1. The summed E-state index contributed by atoms with van der Waals surface area (Å²) in [6, 6.07) is 4.85. The number of fused-ring (bicyclic) bond motifs is 1. The van der Waals surface area contributed by atoms with Crippen LogP contribution in [-0.4, -0.2) is 20.1 Å². The number of non-ortho nitro benzene ring substituents is 1. The van der Waals surface area contributed by atoms with Gasteiger partial charge in [0, 0.05) is 23.9 Å². The van der Waals surface area contributed by atoms with E-state index in [0.717, 1.165) is 11.3 Å². The molecule has 0 fully saturated rings. The molecule has 2 aromatic heterocycles. The van der Waals surface area contributed by atoms with E-state index in [0.29, 0.717) is 12.1 Å². The second kappa shape index (κ2) is 4.65. The lowest BCUT2D eigenvalue weighted by Gasteiger charge is -1.99. The first-order valence-electron chi connectivity index (χ1n) is 5.92. The third-order valence-electron chi connectivity index (χ3n) is 2.96. The monoisotopic (exact) mass is 273 g/mol. The van der Waals surface area contributed by atoms with Gasteiger partial charge in [0.15, 0.2) is 11.1 Å². The molecule has 0 atom stereocenters. The van der Waals surface area contributed by atoms with Gasteiger partial charge in [-0.25, -0.2) is 0 Å². The number of para-hydroxylation sites is 1. The fourth-order valence-corrected chi connectivity index (χ4v) is 1.88. The largest absolute Gasteiger partial charge is 0.423 e. The molecule has 0 spiro atoms. The Hall–Kier alpha value is -2.90. The van der Waals surface area contributed by atoms with Crippen molar-refractivity contribution in [3.8, 4) is 0 Å². The van der Waals surface area contributed by atoms with Gasteiger partial charge in [0.2, 0.25) is 0 Å². The lowest BCUT2D eigenvalue weighted by Crippen LogP contribution is -1.99. The number of hydrogen-bond donors (Lipinski definition) is 2. The number of nitro benzene ring substituents is 1. The molecule has 2 N–H and O–H groups in total. The van der Waals surface area contributed by atoms with Crippen LogP contribution in [0.2, 0.25) is 0 Å². The third kappa shape index (κ3) is 2.07. The molecule has 0 saturated heterocycles. The zero-order chi connectivity index (χ0) is 14.1. The van der Waals surface area contributed by atoms with Crippen molar-refractivity contribution in [2.45, 2.75) is 13.5 Å². The predicted molar refractivity (Wildman–Crippen MR) is 71.3 cm³/mol. The summed E-state index contributed by atoms with van der Waals surface area (Å²) in [7, 11) is 0. The lowest BCUT2D eigenvalue weighted by atomic mass is 10.3. The summed E-state index contributed by atoms with van der Waals surface area (Å²) in [5.74, 6) is 0. The number of aromatic nitrogens is 3. The molecule has 0 bridgehead atoms. The van der Waals surface area contributed by atoms with Gasteiger partial charge in [0.05, 0.1) is 11.1 Å². The number of nitrogens with one attached hydrogen (secondary N) is 2. The molecule has 8 nitrogen and oxygen atoms in total. The van der Waals surface area contributed by atoms with Crippen LogP contribution >= 0.6 is 0 Å². The molecule has 0 radical (unpaired) electrons. The Labute approximate surface area is 113 Å². The van der Waals surface area contributed by atoms with E-state index < -0.39 is 4.92 Å². The number of oxazole rings is 1. The van der Waals surface area contributed by atoms with Crippen LogP contribution in [0.3, 0.4) is 0 Å². The van der Waals surface area contributed by atoms with Crippen molar-refractivity contribution in [3.05, 3.63) is 45.8 Å². The van der Waals surface area contributed by atoms with Gasteiger partial charge in [-0.1, -0.05) is 6.07 Å². The number of aromatic amines is 1. The van der Waals surface area contributed by atoms with Gasteiger partial charge in [-0.05, 0) is 13.0 Å². The molecule has 0 aliphatic rings. The highest BCUT2D eigenvalue weighted by molar-refractivity contribution is 5.83. The summed E-state index contributed by atoms with van der Waals surface area (Å²) in [4.78, 5) is 14.5. The van der Waals surface area contributed by atoms with E-state index in [4.69, 9.17) is 4.42 Å². The van der Waals surface area contributed by atoms with E-state index >= 15 is 0 Å². The molecule has 1 aromatic carbocycles. The summed E-state index contributed by atoms with van der Waals surface area (Å²) in [5, 5.41) is 20.6. The summed E-state index contributed by atoms with van der Waals surface area (Å²) in [5.41, 5.74) is 2.47. The zero-order valence-electron chi connectivity index (χ0n) is 10.6. The van der Waals surface area contributed by atoms with Crippen molar-refractivity contribution < 1.29 is 9.34 Å². The summed E-state index contributed by atoms with van der Waals surface area (Å²) < 4.78 is 5.44. The van der Waals surface area contributed by atoms with Crippen molar-refractivity contribution in [1.82, 2.24) is 15.2 Å². The smallest absolute Gasteiger partial charge is 0.298 e. The fourth-order valence-electron chi connectivity index (χ4n) is 1.88. The Balaban J connectivity index is 1.88. The van der Waals surface area contributed by atoms with Crippen LogP contribution < -0.4 is 5.32 Å². The van der Waals surface area contributed by atoms with Gasteiger partial charge in [0.1, 0.15) is 0 Å². The Morgan fingerprint density at radius 2 is 2.35 bits per heavy atom. The van der Waals surface area contributed by atoms with Crippen molar-refractivity contribution in [3.63, 3.8) is 0 Å². The number of rotatable bonds is 4.